The molecule has 0 saturated carbocycles. The Bertz CT molecular complexity index is 576. The largest absolute Gasteiger partial charge is 0.491 e. The van der Waals surface area contributed by atoms with Crippen molar-refractivity contribution in [2.45, 2.75) is 39.9 Å². The zero-order valence-corrected chi connectivity index (χ0v) is 12.5. The highest BCUT2D eigenvalue weighted by Crippen LogP contribution is 2.35. The minimum Gasteiger partial charge on any atom is -0.491 e. The van der Waals surface area contributed by atoms with E-state index in [1.165, 1.54) is 0 Å². The van der Waals surface area contributed by atoms with Crippen LogP contribution in [-0.4, -0.2) is 12.2 Å². The second kappa shape index (κ2) is 5.70. The zero-order chi connectivity index (χ0) is 14.0. The summed E-state index contributed by atoms with van der Waals surface area (Å²) in [7, 11) is 0. The Labute approximate surface area is 119 Å². The summed E-state index contributed by atoms with van der Waals surface area (Å²) in [6, 6.07) is 9.81. The van der Waals surface area contributed by atoms with E-state index in [9.17, 15) is 0 Å². The predicted molar refractivity (Wildman–Crippen MR) is 80.5 cm³/mol. The van der Waals surface area contributed by atoms with Crippen LogP contribution in [-0.2, 0) is 0 Å². The first-order chi connectivity index (χ1) is 8.97. The predicted octanol–water partition coefficient (Wildman–Crippen LogP) is 5.07. The lowest BCUT2D eigenvalue weighted by molar-refractivity contribution is 0.242. The molecule has 0 unspecified atom stereocenters. The summed E-state index contributed by atoms with van der Waals surface area (Å²) >= 11 is 6.22. The van der Waals surface area contributed by atoms with Crippen LogP contribution in [0, 0.1) is 0 Å². The fourth-order valence-corrected chi connectivity index (χ4v) is 2.16. The van der Waals surface area contributed by atoms with Crippen LogP contribution >= 0.6 is 11.6 Å². The van der Waals surface area contributed by atoms with E-state index < -0.39 is 0 Å². The van der Waals surface area contributed by atoms with Gasteiger partial charge in [-0.1, -0.05) is 17.7 Å². The van der Waals surface area contributed by atoms with Crippen molar-refractivity contribution in [1.82, 2.24) is 0 Å². The summed E-state index contributed by atoms with van der Waals surface area (Å²) in [5, 5.41) is 2.72. The summed E-state index contributed by atoms with van der Waals surface area (Å²) in [4.78, 5) is 0. The third-order valence-electron chi connectivity index (χ3n) is 2.62. The van der Waals surface area contributed by atoms with Gasteiger partial charge >= 0.3 is 0 Å². The maximum absolute atomic E-state index is 6.22. The maximum Gasteiger partial charge on any atom is 0.146 e. The topological polar surface area (TPSA) is 18.5 Å². The van der Waals surface area contributed by atoms with Gasteiger partial charge in [-0.25, -0.2) is 0 Å². The van der Waals surface area contributed by atoms with Gasteiger partial charge in [0.2, 0.25) is 0 Å². The van der Waals surface area contributed by atoms with Gasteiger partial charge in [-0.05, 0) is 57.3 Å². The summed E-state index contributed by atoms with van der Waals surface area (Å²) in [6.07, 6.45) is 0.255. The molecule has 0 aliphatic carbocycles. The van der Waals surface area contributed by atoms with Gasteiger partial charge in [-0.2, -0.15) is 0 Å². The van der Waals surface area contributed by atoms with Crippen molar-refractivity contribution in [3.63, 3.8) is 0 Å². The molecule has 0 radical (unpaired) electrons. The van der Waals surface area contributed by atoms with Gasteiger partial charge in [0.05, 0.1) is 17.2 Å². The normalized spacial score (nSPS) is 11.3. The van der Waals surface area contributed by atoms with Crippen molar-refractivity contribution in [1.29, 1.82) is 0 Å². The standard InChI is InChI=1S/C16H19ClO2/c1-10(2)18-13-6-7-14-12(9-13)5-8-15(17)16(14)19-11(3)4/h5-11H,1-4H3. The fraction of sp³-hybridized carbons (Fsp3) is 0.375. The molecular formula is C16H19ClO2. The van der Waals surface area contributed by atoms with E-state index in [-0.39, 0.29) is 12.2 Å². The lowest BCUT2D eigenvalue weighted by atomic mass is 10.1. The van der Waals surface area contributed by atoms with Gasteiger partial charge in [-0.15, -0.1) is 0 Å². The van der Waals surface area contributed by atoms with Gasteiger partial charge in [0, 0.05) is 5.39 Å². The molecule has 0 spiro atoms. The molecule has 0 aliphatic heterocycles. The van der Waals surface area contributed by atoms with E-state index >= 15 is 0 Å². The number of halogens is 1. The minimum atomic E-state index is 0.0923. The molecule has 2 nitrogen and oxygen atoms in total. The van der Waals surface area contributed by atoms with Crippen molar-refractivity contribution < 1.29 is 9.47 Å². The highest BCUT2D eigenvalue weighted by Gasteiger charge is 2.10. The summed E-state index contributed by atoms with van der Waals surface area (Å²) in [5.74, 6) is 1.60. The van der Waals surface area contributed by atoms with Crippen molar-refractivity contribution in [2.75, 3.05) is 0 Å². The Morgan fingerprint density at radius 3 is 2.21 bits per heavy atom. The molecule has 0 aliphatic rings. The van der Waals surface area contributed by atoms with Gasteiger partial charge in [-0.3, -0.25) is 0 Å². The Balaban J connectivity index is 2.48. The van der Waals surface area contributed by atoms with Crippen LogP contribution in [0.25, 0.3) is 10.8 Å². The first-order valence-electron chi connectivity index (χ1n) is 6.53. The van der Waals surface area contributed by atoms with Crippen molar-refractivity contribution in [3.8, 4) is 11.5 Å². The molecular weight excluding hydrogens is 260 g/mol. The van der Waals surface area contributed by atoms with Crippen LogP contribution in [0.5, 0.6) is 11.5 Å². The van der Waals surface area contributed by atoms with Gasteiger partial charge < -0.3 is 9.47 Å². The van der Waals surface area contributed by atoms with Crippen LogP contribution in [0.15, 0.2) is 30.3 Å². The number of hydrogen-bond donors (Lipinski definition) is 0. The Hall–Kier alpha value is -1.41. The highest BCUT2D eigenvalue weighted by atomic mass is 35.5. The quantitative estimate of drug-likeness (QED) is 0.777. The molecule has 0 N–H and O–H groups in total. The number of benzene rings is 2. The van der Waals surface area contributed by atoms with Crippen molar-refractivity contribution in [2.24, 2.45) is 0 Å². The molecule has 0 aromatic heterocycles. The number of ether oxygens (including phenoxy) is 2. The Morgan fingerprint density at radius 2 is 1.58 bits per heavy atom. The highest BCUT2D eigenvalue weighted by molar-refractivity contribution is 6.33. The van der Waals surface area contributed by atoms with Crippen LogP contribution in [0.1, 0.15) is 27.7 Å². The average molecular weight is 279 g/mol. The van der Waals surface area contributed by atoms with Gasteiger partial charge in [0.15, 0.2) is 0 Å². The third-order valence-corrected chi connectivity index (χ3v) is 2.92. The summed E-state index contributed by atoms with van der Waals surface area (Å²) in [5.41, 5.74) is 0. The zero-order valence-electron chi connectivity index (χ0n) is 11.7. The van der Waals surface area contributed by atoms with Crippen LogP contribution in [0.3, 0.4) is 0 Å². The van der Waals surface area contributed by atoms with E-state index in [1.54, 1.807) is 0 Å². The molecule has 102 valence electrons. The smallest absolute Gasteiger partial charge is 0.146 e. The SMILES string of the molecule is CC(C)Oc1ccc2c(OC(C)C)c(Cl)ccc2c1. The van der Waals surface area contributed by atoms with Crippen LogP contribution < -0.4 is 9.47 Å². The van der Waals surface area contributed by atoms with Crippen molar-refractivity contribution in [3.05, 3.63) is 35.4 Å². The Morgan fingerprint density at radius 1 is 0.895 bits per heavy atom. The second-order valence-corrected chi connectivity index (χ2v) is 5.50. The first-order valence-corrected chi connectivity index (χ1v) is 6.90. The van der Waals surface area contributed by atoms with Gasteiger partial charge in [0.1, 0.15) is 11.5 Å². The second-order valence-electron chi connectivity index (χ2n) is 5.09. The fourth-order valence-electron chi connectivity index (χ4n) is 1.95. The third kappa shape index (κ3) is 3.32. The lowest BCUT2D eigenvalue weighted by Crippen LogP contribution is -2.07. The number of hydrogen-bond acceptors (Lipinski definition) is 2. The molecule has 2 rings (SSSR count). The van der Waals surface area contributed by atoms with E-state index in [4.69, 9.17) is 21.1 Å². The molecule has 2 aromatic rings. The van der Waals surface area contributed by atoms with E-state index in [1.807, 2.05) is 58.0 Å². The maximum atomic E-state index is 6.22. The van der Waals surface area contributed by atoms with Gasteiger partial charge in [0.25, 0.3) is 0 Å². The lowest BCUT2D eigenvalue weighted by Gasteiger charge is -2.15. The number of fused-ring (bicyclic) bond motifs is 1. The van der Waals surface area contributed by atoms with E-state index in [2.05, 4.69) is 0 Å². The first kappa shape index (κ1) is 14.0. The molecule has 0 saturated heterocycles. The molecule has 0 amide bonds. The molecule has 0 heterocycles. The molecule has 3 heteroatoms. The number of rotatable bonds is 4. The van der Waals surface area contributed by atoms with Crippen molar-refractivity contribution >= 4 is 22.4 Å². The van der Waals surface area contributed by atoms with Crippen LogP contribution in [0.4, 0.5) is 0 Å². The molecule has 0 atom stereocenters. The molecule has 0 fully saturated rings. The van der Waals surface area contributed by atoms with E-state index in [0.29, 0.717) is 5.02 Å². The summed E-state index contributed by atoms with van der Waals surface area (Å²) in [6.45, 7) is 8.01. The Kier molecular flexibility index (Phi) is 4.20. The molecule has 0 bridgehead atoms. The summed E-state index contributed by atoms with van der Waals surface area (Å²) < 4.78 is 11.5. The monoisotopic (exact) mass is 278 g/mol. The minimum absolute atomic E-state index is 0.0923. The van der Waals surface area contributed by atoms with E-state index in [0.717, 1.165) is 22.3 Å². The molecule has 2 aromatic carbocycles. The molecule has 19 heavy (non-hydrogen) atoms. The van der Waals surface area contributed by atoms with Crippen LogP contribution in [0.2, 0.25) is 5.02 Å². The average Bonchev–Trinajstić information content (AvgIpc) is 2.31.